The Morgan fingerprint density at radius 3 is 2.73 bits per heavy atom. The third-order valence-electron chi connectivity index (χ3n) is 1.57. The van der Waals surface area contributed by atoms with Gasteiger partial charge in [-0.05, 0) is 18.6 Å². The summed E-state index contributed by atoms with van der Waals surface area (Å²) < 4.78 is 0. The highest BCUT2D eigenvalue weighted by Crippen LogP contribution is 2.05. The zero-order valence-corrected chi connectivity index (χ0v) is 6.62. The van der Waals surface area contributed by atoms with Crippen LogP contribution in [0.2, 0.25) is 0 Å². The first-order valence-corrected chi connectivity index (χ1v) is 3.62. The molecule has 0 aliphatic carbocycles. The van der Waals surface area contributed by atoms with Gasteiger partial charge in [0.1, 0.15) is 0 Å². The third kappa shape index (κ3) is 2.00. The summed E-state index contributed by atoms with van der Waals surface area (Å²) in [5, 5.41) is 0. The second-order valence-electron chi connectivity index (χ2n) is 2.60. The number of rotatable bonds is 2. The average Bonchev–Trinajstić information content (AvgIpc) is 2.05. The average molecular weight is 151 g/mol. The molecule has 4 N–H and O–H groups in total. The Morgan fingerprint density at radius 2 is 2.27 bits per heavy atom. The van der Waals surface area contributed by atoms with Crippen LogP contribution in [0.4, 0.5) is 0 Å². The van der Waals surface area contributed by atoms with Crippen LogP contribution in [0.3, 0.4) is 0 Å². The highest BCUT2D eigenvalue weighted by Gasteiger charge is 2.02. The third-order valence-corrected chi connectivity index (χ3v) is 1.57. The van der Waals surface area contributed by atoms with Crippen LogP contribution in [-0.2, 0) is 0 Å². The van der Waals surface area contributed by atoms with E-state index < -0.39 is 0 Å². The Morgan fingerprint density at radius 1 is 1.55 bits per heavy atom. The maximum Gasteiger partial charge on any atom is 0.0594 e. The van der Waals surface area contributed by atoms with Gasteiger partial charge >= 0.3 is 0 Å². The molecule has 0 saturated heterocycles. The normalized spacial score (nSPS) is 13.0. The highest BCUT2D eigenvalue weighted by molar-refractivity contribution is 5.14. The van der Waals surface area contributed by atoms with Crippen LogP contribution >= 0.6 is 0 Å². The number of hydrogen-bond acceptors (Lipinski definition) is 3. The van der Waals surface area contributed by atoms with Crippen molar-refractivity contribution >= 4 is 0 Å². The predicted octanol–water partition coefficient (Wildman–Crippen LogP) is 0.349. The summed E-state index contributed by atoms with van der Waals surface area (Å²) in [5.41, 5.74) is 13.0. The molecule has 0 fully saturated rings. The van der Waals surface area contributed by atoms with Gasteiger partial charge < -0.3 is 11.5 Å². The molecular formula is C8H13N3. The van der Waals surface area contributed by atoms with E-state index in [0.29, 0.717) is 6.54 Å². The molecular weight excluding hydrogens is 138 g/mol. The molecule has 1 atom stereocenters. The van der Waals surface area contributed by atoms with E-state index in [1.54, 1.807) is 6.20 Å². The minimum atomic E-state index is -0.129. The molecule has 1 aromatic heterocycles. The second-order valence-corrected chi connectivity index (χ2v) is 2.60. The quantitative estimate of drug-likeness (QED) is 0.641. The van der Waals surface area contributed by atoms with E-state index in [0.717, 1.165) is 11.3 Å². The van der Waals surface area contributed by atoms with Gasteiger partial charge in [0.05, 0.1) is 11.7 Å². The Kier molecular flexibility index (Phi) is 2.57. The Labute approximate surface area is 66.4 Å². The van der Waals surface area contributed by atoms with Crippen LogP contribution in [-0.4, -0.2) is 11.5 Å². The summed E-state index contributed by atoms with van der Waals surface area (Å²) in [7, 11) is 0. The largest absolute Gasteiger partial charge is 0.329 e. The van der Waals surface area contributed by atoms with E-state index in [2.05, 4.69) is 4.98 Å². The van der Waals surface area contributed by atoms with Crippen molar-refractivity contribution in [2.75, 3.05) is 6.54 Å². The fourth-order valence-corrected chi connectivity index (χ4v) is 0.819. The van der Waals surface area contributed by atoms with Crippen LogP contribution in [0.5, 0.6) is 0 Å². The summed E-state index contributed by atoms with van der Waals surface area (Å²) in [6, 6.07) is 3.76. The van der Waals surface area contributed by atoms with Crippen molar-refractivity contribution < 1.29 is 0 Å². The van der Waals surface area contributed by atoms with Crippen molar-refractivity contribution in [2.24, 2.45) is 11.5 Å². The smallest absolute Gasteiger partial charge is 0.0594 e. The molecule has 11 heavy (non-hydrogen) atoms. The molecule has 0 aliphatic rings. The van der Waals surface area contributed by atoms with Crippen LogP contribution in [0, 0.1) is 6.92 Å². The van der Waals surface area contributed by atoms with Gasteiger partial charge in [-0.2, -0.15) is 0 Å². The maximum atomic E-state index is 5.66. The van der Waals surface area contributed by atoms with Crippen LogP contribution in [0.1, 0.15) is 17.3 Å². The van der Waals surface area contributed by atoms with Crippen molar-refractivity contribution in [2.45, 2.75) is 13.0 Å². The minimum Gasteiger partial charge on any atom is -0.329 e. The number of aryl methyl sites for hydroxylation is 1. The van der Waals surface area contributed by atoms with Crippen molar-refractivity contribution in [3.8, 4) is 0 Å². The molecule has 3 nitrogen and oxygen atoms in total. The lowest BCUT2D eigenvalue weighted by molar-refractivity contribution is 0.710. The first-order chi connectivity index (χ1) is 5.24. The zero-order chi connectivity index (χ0) is 8.27. The zero-order valence-electron chi connectivity index (χ0n) is 6.62. The van der Waals surface area contributed by atoms with Gasteiger partial charge in [-0.25, -0.2) is 0 Å². The molecule has 0 aromatic carbocycles. The fourth-order valence-electron chi connectivity index (χ4n) is 0.819. The van der Waals surface area contributed by atoms with E-state index in [4.69, 9.17) is 11.5 Å². The van der Waals surface area contributed by atoms with Gasteiger partial charge in [-0.15, -0.1) is 0 Å². The van der Waals surface area contributed by atoms with Crippen molar-refractivity contribution in [3.05, 3.63) is 29.6 Å². The lowest BCUT2D eigenvalue weighted by Crippen LogP contribution is -2.21. The minimum absolute atomic E-state index is 0.129. The standard InChI is InChI=1S/C8H13N3/c1-6-2-3-8(11-5-6)7(10)4-9/h2-3,5,7H,4,9-10H2,1H3/t7-/m1/s1. The van der Waals surface area contributed by atoms with Gasteiger partial charge in [-0.3, -0.25) is 4.98 Å². The van der Waals surface area contributed by atoms with Gasteiger partial charge in [0.25, 0.3) is 0 Å². The number of hydrogen-bond donors (Lipinski definition) is 2. The SMILES string of the molecule is Cc1ccc([C@H](N)CN)nc1. The lowest BCUT2D eigenvalue weighted by Gasteiger charge is -2.06. The van der Waals surface area contributed by atoms with E-state index in [1.165, 1.54) is 0 Å². The van der Waals surface area contributed by atoms with E-state index >= 15 is 0 Å². The molecule has 1 aromatic rings. The van der Waals surface area contributed by atoms with Gasteiger partial charge in [-0.1, -0.05) is 6.07 Å². The molecule has 0 spiro atoms. The van der Waals surface area contributed by atoms with Gasteiger partial charge in [0, 0.05) is 12.7 Å². The van der Waals surface area contributed by atoms with Crippen molar-refractivity contribution in [1.82, 2.24) is 4.98 Å². The predicted molar refractivity (Wildman–Crippen MR) is 45.0 cm³/mol. The summed E-state index contributed by atoms with van der Waals surface area (Å²) in [5.74, 6) is 0. The van der Waals surface area contributed by atoms with Crippen molar-refractivity contribution in [3.63, 3.8) is 0 Å². The first-order valence-electron chi connectivity index (χ1n) is 3.62. The number of nitrogens with zero attached hydrogens (tertiary/aromatic N) is 1. The summed E-state index contributed by atoms with van der Waals surface area (Å²) in [4.78, 5) is 4.14. The molecule has 0 unspecified atom stereocenters. The summed E-state index contributed by atoms with van der Waals surface area (Å²) in [6.07, 6.45) is 1.80. The molecule has 3 heteroatoms. The maximum absolute atomic E-state index is 5.66. The number of pyridine rings is 1. The number of nitrogens with two attached hydrogens (primary N) is 2. The van der Waals surface area contributed by atoms with Crippen LogP contribution in [0.15, 0.2) is 18.3 Å². The monoisotopic (exact) mass is 151 g/mol. The van der Waals surface area contributed by atoms with E-state index in [-0.39, 0.29) is 6.04 Å². The molecule has 1 rings (SSSR count). The Hall–Kier alpha value is -0.930. The van der Waals surface area contributed by atoms with Crippen molar-refractivity contribution in [1.29, 1.82) is 0 Å². The molecule has 0 amide bonds. The first kappa shape index (κ1) is 8.17. The topological polar surface area (TPSA) is 64.9 Å². The molecule has 1 heterocycles. The lowest BCUT2D eigenvalue weighted by atomic mass is 10.2. The molecule has 0 radical (unpaired) electrons. The van der Waals surface area contributed by atoms with Gasteiger partial charge in [0.2, 0.25) is 0 Å². The molecule has 0 aliphatic heterocycles. The molecule has 60 valence electrons. The van der Waals surface area contributed by atoms with E-state index in [9.17, 15) is 0 Å². The highest BCUT2D eigenvalue weighted by atomic mass is 14.8. The summed E-state index contributed by atoms with van der Waals surface area (Å²) >= 11 is 0. The van der Waals surface area contributed by atoms with Gasteiger partial charge in [0.15, 0.2) is 0 Å². The van der Waals surface area contributed by atoms with E-state index in [1.807, 2.05) is 19.1 Å². The molecule has 0 saturated carbocycles. The van der Waals surface area contributed by atoms with Crippen LogP contribution in [0.25, 0.3) is 0 Å². The fraction of sp³-hybridized carbons (Fsp3) is 0.375. The second kappa shape index (κ2) is 3.46. The Bertz CT molecular complexity index is 217. The van der Waals surface area contributed by atoms with Crippen LogP contribution < -0.4 is 11.5 Å². The number of aromatic nitrogens is 1. The Balaban J connectivity index is 2.81. The molecule has 0 bridgehead atoms. The summed E-state index contributed by atoms with van der Waals surface area (Å²) in [6.45, 7) is 2.43.